The van der Waals surface area contributed by atoms with Gasteiger partial charge in [-0.2, -0.15) is 0 Å². The molecule has 1 aliphatic heterocycles. The first-order valence-electron chi connectivity index (χ1n) is 8.48. The number of benzene rings is 1. The molecule has 1 fully saturated rings. The highest BCUT2D eigenvalue weighted by Gasteiger charge is 2.39. The van der Waals surface area contributed by atoms with Crippen LogP contribution in [0.25, 0.3) is 0 Å². The van der Waals surface area contributed by atoms with Crippen LogP contribution in [0.5, 0.6) is 5.75 Å². The summed E-state index contributed by atoms with van der Waals surface area (Å²) in [6, 6.07) is 7.17. The number of alkyl halides is 1. The van der Waals surface area contributed by atoms with E-state index >= 15 is 0 Å². The molecule has 1 saturated heterocycles. The predicted molar refractivity (Wildman–Crippen MR) is 116 cm³/mol. The van der Waals surface area contributed by atoms with Gasteiger partial charge >= 0.3 is 0 Å². The van der Waals surface area contributed by atoms with E-state index in [1.807, 2.05) is 12.1 Å². The molecule has 0 unspecified atom stereocenters. The second kappa shape index (κ2) is 8.88. The van der Waals surface area contributed by atoms with E-state index in [1.165, 1.54) is 0 Å². The van der Waals surface area contributed by atoms with Crippen LogP contribution < -0.4 is 9.64 Å². The van der Waals surface area contributed by atoms with Crippen molar-refractivity contribution >= 4 is 72.2 Å². The maximum atomic E-state index is 5.85. The topological polar surface area (TPSA) is 24.9 Å². The molecule has 0 saturated carbocycles. The highest BCUT2D eigenvalue weighted by molar-refractivity contribution is 6.59. The summed E-state index contributed by atoms with van der Waals surface area (Å²) < 4.78 is 10.4. The molecule has 27 heavy (non-hydrogen) atoms. The van der Waals surface area contributed by atoms with Gasteiger partial charge < -0.3 is 14.4 Å². The quantitative estimate of drug-likeness (QED) is 0.414. The number of nitrogens with zero attached hydrogens (tertiary/aromatic N) is 2. The van der Waals surface area contributed by atoms with Gasteiger partial charge in [0.2, 0.25) is 0 Å². The van der Waals surface area contributed by atoms with Crippen LogP contribution in [-0.2, 0) is 4.74 Å². The molecule has 1 aliphatic rings. The average Bonchev–Trinajstić information content (AvgIpc) is 2.54. The van der Waals surface area contributed by atoms with Crippen LogP contribution in [0.2, 0.25) is 0 Å². The summed E-state index contributed by atoms with van der Waals surface area (Å²) in [5, 5.41) is -6.53. The molecule has 12 heteroatoms. The average molecular weight is 367 g/mol. The third-order valence-electron chi connectivity index (χ3n) is 4.22. The Labute approximate surface area is 176 Å². The van der Waals surface area contributed by atoms with E-state index in [4.69, 9.17) is 76.0 Å². The summed E-state index contributed by atoms with van der Waals surface area (Å²) in [4.78, 5) is 4.59. The third-order valence-corrected chi connectivity index (χ3v) is 4.39. The first-order chi connectivity index (χ1) is 12.4. The summed E-state index contributed by atoms with van der Waals surface area (Å²) in [6.07, 6.45) is 0. The Morgan fingerprint density at radius 2 is 1.41 bits per heavy atom. The first-order valence-corrected chi connectivity index (χ1v) is 9.02. The highest BCUT2D eigenvalue weighted by atomic mass is 35.5. The SMILES string of the molecule is [B]C([B])([B])OC([B])([B])C([B])([B])Oc1ccc(N2CCN(CCCl)CC2)cc1. The molecule has 0 bridgehead atoms. The van der Waals surface area contributed by atoms with Crippen molar-refractivity contribution in [2.45, 2.75) is 16.1 Å². The Morgan fingerprint density at radius 1 is 0.852 bits per heavy atom. The molecule has 14 radical (unpaired) electrons. The van der Waals surface area contributed by atoms with E-state index in [0.717, 1.165) is 38.4 Å². The molecule has 0 N–H and O–H groups in total. The summed E-state index contributed by atoms with van der Waals surface area (Å²) in [5.41, 5.74) is 1.04. The summed E-state index contributed by atoms with van der Waals surface area (Å²) >= 11 is 5.79. The van der Waals surface area contributed by atoms with Crippen molar-refractivity contribution in [3.05, 3.63) is 24.3 Å². The molecule has 1 heterocycles. The zero-order chi connectivity index (χ0) is 20.3. The van der Waals surface area contributed by atoms with Crippen LogP contribution in [0.1, 0.15) is 0 Å². The van der Waals surface area contributed by atoms with Crippen molar-refractivity contribution in [3.8, 4) is 5.75 Å². The van der Waals surface area contributed by atoms with E-state index in [-0.39, 0.29) is 0 Å². The van der Waals surface area contributed by atoms with E-state index in [2.05, 4.69) is 9.80 Å². The van der Waals surface area contributed by atoms with E-state index in [9.17, 15) is 0 Å². The van der Waals surface area contributed by atoms with Crippen molar-refractivity contribution in [3.63, 3.8) is 0 Å². The number of hydrogen-bond acceptors (Lipinski definition) is 4. The fraction of sp³-hybridized carbons (Fsp3) is 0.600. The Morgan fingerprint density at radius 3 is 1.89 bits per heavy atom. The minimum atomic E-state index is -2.25. The maximum absolute atomic E-state index is 5.85. The van der Waals surface area contributed by atoms with Crippen LogP contribution in [0.15, 0.2) is 24.3 Å². The van der Waals surface area contributed by atoms with Crippen LogP contribution >= 0.6 is 11.6 Å². The van der Waals surface area contributed by atoms with Gasteiger partial charge in [0.15, 0.2) is 0 Å². The Kier molecular flexibility index (Phi) is 7.49. The fourth-order valence-electron chi connectivity index (χ4n) is 2.72. The summed E-state index contributed by atoms with van der Waals surface area (Å²) in [6.45, 7) is 4.62. The van der Waals surface area contributed by atoms with Crippen molar-refractivity contribution in [2.24, 2.45) is 0 Å². The standard InChI is InChI=1S/C15H16B7ClN2O2/c16-13(17,14(18,19)27-15(20,21)22)26-12-3-1-11(2-4-12)25-9-7-24(6-5-23)8-10-25/h1-4H,5-10H2. The van der Waals surface area contributed by atoms with E-state index in [1.54, 1.807) is 12.1 Å². The third kappa shape index (κ3) is 6.50. The lowest BCUT2D eigenvalue weighted by Gasteiger charge is -2.48. The van der Waals surface area contributed by atoms with Gasteiger partial charge in [-0.3, -0.25) is 4.90 Å². The minimum Gasteiger partial charge on any atom is -0.506 e. The molecule has 4 nitrogen and oxygen atoms in total. The van der Waals surface area contributed by atoms with Crippen molar-refractivity contribution in [1.29, 1.82) is 0 Å². The molecule has 0 spiro atoms. The molecule has 2 rings (SSSR count). The molecule has 1 aromatic carbocycles. The molecule has 1 aromatic rings. The molecule has 0 aromatic heterocycles. The number of piperazine rings is 1. The van der Waals surface area contributed by atoms with Gasteiger partial charge in [-0.05, 0) is 29.6 Å². The molecule has 0 atom stereocenters. The number of rotatable bonds is 8. The molecular formula is C15H16B7ClN2O2. The highest BCUT2D eigenvalue weighted by Crippen LogP contribution is 2.27. The number of hydrogen-bond donors (Lipinski definition) is 0. The molecule has 126 valence electrons. The van der Waals surface area contributed by atoms with Gasteiger partial charge in [-0.25, -0.2) is 0 Å². The van der Waals surface area contributed by atoms with Gasteiger partial charge in [0.1, 0.15) is 37.1 Å². The number of anilines is 1. The van der Waals surface area contributed by atoms with Crippen LogP contribution in [0, 0.1) is 0 Å². The first kappa shape index (κ1) is 22.8. The van der Waals surface area contributed by atoms with E-state index in [0.29, 0.717) is 11.6 Å². The van der Waals surface area contributed by atoms with Gasteiger partial charge in [-0.1, -0.05) is 0 Å². The lowest BCUT2D eigenvalue weighted by atomic mass is 9.40. The normalized spacial score (nSPS) is 17.0. The lowest BCUT2D eigenvalue weighted by molar-refractivity contribution is 0.00241. The largest absolute Gasteiger partial charge is 0.506 e. The molecule has 0 amide bonds. The van der Waals surface area contributed by atoms with Crippen LogP contribution in [0.4, 0.5) is 5.69 Å². The Bertz CT molecular complexity index is 605. The van der Waals surface area contributed by atoms with Gasteiger partial charge in [-0.15, -0.1) is 11.6 Å². The molecular weight excluding hydrogens is 351 g/mol. The van der Waals surface area contributed by atoms with Crippen molar-refractivity contribution in [1.82, 2.24) is 4.90 Å². The second-order valence-electron chi connectivity index (χ2n) is 6.66. The second-order valence-corrected chi connectivity index (χ2v) is 7.03. The van der Waals surface area contributed by atoms with Crippen LogP contribution in [0.3, 0.4) is 0 Å². The van der Waals surface area contributed by atoms with Gasteiger partial charge in [0.25, 0.3) is 0 Å². The van der Waals surface area contributed by atoms with Crippen molar-refractivity contribution < 1.29 is 9.47 Å². The monoisotopic (exact) mass is 368 g/mol. The predicted octanol–water partition coefficient (Wildman–Crippen LogP) is -1.46. The van der Waals surface area contributed by atoms with Crippen LogP contribution in [-0.4, -0.2) is 115 Å². The molecule has 0 aliphatic carbocycles. The van der Waals surface area contributed by atoms with E-state index < -0.39 is 16.1 Å². The lowest BCUT2D eigenvalue weighted by Crippen LogP contribution is -2.65. The smallest absolute Gasteiger partial charge is 0.118 e. The number of halogens is 1. The Balaban J connectivity index is 1.99. The maximum Gasteiger partial charge on any atom is 0.118 e. The number of ether oxygens (including phenoxy) is 2. The minimum absolute atomic E-state index is 0.338. The van der Waals surface area contributed by atoms with Gasteiger partial charge in [0.05, 0.1) is 23.5 Å². The zero-order valence-electron chi connectivity index (χ0n) is 15.2. The summed E-state index contributed by atoms with van der Waals surface area (Å²) in [5.74, 6) is 0.976. The zero-order valence-corrected chi connectivity index (χ0v) is 15.9. The van der Waals surface area contributed by atoms with Gasteiger partial charge in [0, 0.05) is 55.1 Å². The Hall–Kier alpha value is -0.515. The fourth-order valence-corrected chi connectivity index (χ4v) is 2.96. The summed E-state index contributed by atoms with van der Waals surface area (Å²) in [7, 11) is 39.2. The van der Waals surface area contributed by atoms with Crippen molar-refractivity contribution in [2.75, 3.05) is 43.5 Å².